The van der Waals surface area contributed by atoms with Crippen molar-refractivity contribution in [2.45, 2.75) is 4.90 Å². The Bertz CT molecular complexity index is 647. The molecule has 0 heterocycles. The molecule has 0 spiro atoms. The molecular weight excluding hydrogens is 294 g/mol. The van der Waals surface area contributed by atoms with E-state index in [1.54, 1.807) is 5.32 Å². The molecular formula is C13H7F4NOS. The molecule has 0 unspecified atom stereocenters. The predicted octanol–water partition coefficient (Wildman–Crippen LogP) is 3.78. The zero-order valence-corrected chi connectivity index (χ0v) is 10.6. The van der Waals surface area contributed by atoms with Gasteiger partial charge in [-0.15, -0.1) is 12.6 Å². The summed E-state index contributed by atoms with van der Waals surface area (Å²) < 4.78 is 52.7. The van der Waals surface area contributed by atoms with Gasteiger partial charge in [-0.05, 0) is 24.3 Å². The summed E-state index contributed by atoms with van der Waals surface area (Å²) >= 11 is 4.01. The minimum atomic E-state index is -1.66. The summed E-state index contributed by atoms with van der Waals surface area (Å²) in [7, 11) is 0. The summed E-state index contributed by atoms with van der Waals surface area (Å²) in [5.74, 6) is -7.41. The molecule has 1 amide bonds. The lowest BCUT2D eigenvalue weighted by Crippen LogP contribution is -2.15. The third-order valence-electron chi connectivity index (χ3n) is 2.48. The Morgan fingerprint density at radius 2 is 1.45 bits per heavy atom. The van der Waals surface area contributed by atoms with Crippen LogP contribution in [0.3, 0.4) is 0 Å². The molecule has 0 atom stereocenters. The molecule has 20 heavy (non-hydrogen) atoms. The van der Waals surface area contributed by atoms with E-state index >= 15 is 0 Å². The van der Waals surface area contributed by atoms with Gasteiger partial charge in [0.25, 0.3) is 5.91 Å². The summed E-state index contributed by atoms with van der Waals surface area (Å²) in [6.07, 6.45) is 0. The smallest absolute Gasteiger partial charge is 0.255 e. The van der Waals surface area contributed by atoms with Crippen LogP contribution in [0.4, 0.5) is 23.2 Å². The van der Waals surface area contributed by atoms with Gasteiger partial charge in [-0.1, -0.05) is 0 Å². The fraction of sp³-hybridized carbons (Fsp3) is 0. The van der Waals surface area contributed by atoms with Crippen LogP contribution in [0.25, 0.3) is 0 Å². The Labute approximate surface area is 116 Å². The van der Waals surface area contributed by atoms with Crippen molar-refractivity contribution in [3.8, 4) is 0 Å². The Morgan fingerprint density at radius 1 is 0.950 bits per heavy atom. The number of hydrogen-bond donors (Lipinski definition) is 2. The minimum Gasteiger partial charge on any atom is -0.317 e. The van der Waals surface area contributed by atoms with Crippen molar-refractivity contribution in [1.82, 2.24) is 0 Å². The molecule has 0 radical (unpaired) electrons. The van der Waals surface area contributed by atoms with E-state index in [0.29, 0.717) is 4.90 Å². The van der Waals surface area contributed by atoms with E-state index in [1.807, 2.05) is 0 Å². The Hall–Kier alpha value is -2.02. The molecule has 0 aliphatic heterocycles. The molecule has 2 nitrogen and oxygen atoms in total. The van der Waals surface area contributed by atoms with Crippen molar-refractivity contribution < 1.29 is 22.4 Å². The number of amides is 1. The van der Waals surface area contributed by atoms with E-state index in [2.05, 4.69) is 12.6 Å². The maximum absolute atomic E-state index is 13.4. The van der Waals surface area contributed by atoms with Gasteiger partial charge >= 0.3 is 0 Å². The fourth-order valence-corrected chi connectivity index (χ4v) is 1.63. The number of hydrogen-bond acceptors (Lipinski definition) is 2. The lowest BCUT2D eigenvalue weighted by atomic mass is 10.2. The third kappa shape index (κ3) is 2.77. The van der Waals surface area contributed by atoms with E-state index in [9.17, 15) is 22.4 Å². The van der Waals surface area contributed by atoms with E-state index in [0.717, 1.165) is 0 Å². The average Bonchev–Trinajstić information content (AvgIpc) is 2.42. The highest BCUT2D eigenvalue weighted by Gasteiger charge is 2.21. The normalized spacial score (nSPS) is 10.4. The van der Waals surface area contributed by atoms with Gasteiger partial charge in [0.1, 0.15) is 5.69 Å². The standard InChI is InChI=1S/C13H7F4NOS/c14-8-5-9(15)11(17)12(10(8)16)18-13(19)6-1-3-7(20)4-2-6/h1-5,20H,(H,18,19). The molecule has 104 valence electrons. The van der Waals surface area contributed by atoms with E-state index in [-0.39, 0.29) is 11.6 Å². The molecule has 0 saturated heterocycles. The van der Waals surface area contributed by atoms with Gasteiger partial charge in [0.2, 0.25) is 0 Å². The second kappa shape index (κ2) is 5.54. The molecule has 0 aliphatic carbocycles. The van der Waals surface area contributed by atoms with Crippen molar-refractivity contribution in [2.75, 3.05) is 5.32 Å². The highest BCUT2D eigenvalue weighted by Crippen LogP contribution is 2.24. The van der Waals surface area contributed by atoms with Gasteiger partial charge in [0, 0.05) is 16.5 Å². The monoisotopic (exact) mass is 301 g/mol. The van der Waals surface area contributed by atoms with Gasteiger partial charge in [-0.2, -0.15) is 0 Å². The quantitative estimate of drug-likeness (QED) is 0.493. The number of benzene rings is 2. The zero-order chi connectivity index (χ0) is 14.9. The molecule has 0 bridgehead atoms. The number of anilines is 1. The van der Waals surface area contributed by atoms with Gasteiger partial charge in [0.15, 0.2) is 23.3 Å². The predicted molar refractivity (Wildman–Crippen MR) is 67.9 cm³/mol. The highest BCUT2D eigenvalue weighted by atomic mass is 32.1. The first-order valence-corrected chi connectivity index (χ1v) is 5.78. The Balaban J connectivity index is 2.35. The first-order chi connectivity index (χ1) is 9.40. The van der Waals surface area contributed by atoms with E-state index in [1.165, 1.54) is 24.3 Å². The van der Waals surface area contributed by atoms with Crippen molar-refractivity contribution in [1.29, 1.82) is 0 Å². The van der Waals surface area contributed by atoms with Crippen LogP contribution in [-0.4, -0.2) is 5.91 Å². The van der Waals surface area contributed by atoms with Gasteiger partial charge in [0.05, 0.1) is 0 Å². The van der Waals surface area contributed by atoms with E-state index < -0.39 is 34.9 Å². The summed E-state index contributed by atoms with van der Waals surface area (Å²) in [4.78, 5) is 12.3. The van der Waals surface area contributed by atoms with Crippen LogP contribution >= 0.6 is 12.6 Å². The molecule has 0 aromatic heterocycles. The van der Waals surface area contributed by atoms with Crippen LogP contribution in [0, 0.1) is 23.3 Å². The molecule has 2 aromatic rings. The SMILES string of the molecule is O=C(Nc1c(F)c(F)cc(F)c1F)c1ccc(S)cc1. The maximum atomic E-state index is 13.4. The lowest BCUT2D eigenvalue weighted by molar-refractivity contribution is 0.102. The number of nitrogens with one attached hydrogen (secondary N) is 1. The molecule has 0 saturated carbocycles. The summed E-state index contributed by atoms with van der Waals surface area (Å²) in [6, 6.07) is 5.73. The summed E-state index contributed by atoms with van der Waals surface area (Å²) in [5.41, 5.74) is -1.10. The minimum absolute atomic E-state index is 0.0614. The lowest BCUT2D eigenvalue weighted by Gasteiger charge is -2.09. The molecule has 0 aliphatic rings. The molecule has 2 rings (SSSR count). The largest absolute Gasteiger partial charge is 0.317 e. The second-order valence-electron chi connectivity index (χ2n) is 3.84. The maximum Gasteiger partial charge on any atom is 0.255 e. The zero-order valence-electron chi connectivity index (χ0n) is 9.75. The van der Waals surface area contributed by atoms with E-state index in [4.69, 9.17) is 0 Å². The molecule has 0 fully saturated rings. The van der Waals surface area contributed by atoms with Crippen molar-refractivity contribution >= 4 is 24.2 Å². The highest BCUT2D eigenvalue weighted by molar-refractivity contribution is 7.80. The van der Waals surface area contributed by atoms with Gasteiger partial charge in [-0.25, -0.2) is 17.6 Å². The number of carbonyl (C=O) groups is 1. The molecule has 2 aromatic carbocycles. The van der Waals surface area contributed by atoms with Crippen LogP contribution in [0.5, 0.6) is 0 Å². The van der Waals surface area contributed by atoms with Crippen LogP contribution < -0.4 is 5.32 Å². The topological polar surface area (TPSA) is 29.1 Å². The average molecular weight is 301 g/mol. The number of halogens is 4. The van der Waals surface area contributed by atoms with Crippen molar-refractivity contribution in [3.05, 3.63) is 59.2 Å². The first kappa shape index (κ1) is 14.4. The van der Waals surface area contributed by atoms with Gasteiger partial charge < -0.3 is 5.32 Å². The van der Waals surface area contributed by atoms with Crippen LogP contribution in [-0.2, 0) is 0 Å². The molecule has 1 N–H and O–H groups in total. The number of rotatable bonds is 2. The second-order valence-corrected chi connectivity index (χ2v) is 4.36. The third-order valence-corrected chi connectivity index (χ3v) is 2.78. The number of thiol groups is 1. The first-order valence-electron chi connectivity index (χ1n) is 5.33. The molecule has 7 heteroatoms. The summed E-state index contributed by atoms with van der Waals surface area (Å²) in [6.45, 7) is 0. The van der Waals surface area contributed by atoms with Crippen LogP contribution in [0.1, 0.15) is 10.4 Å². The van der Waals surface area contributed by atoms with Gasteiger partial charge in [-0.3, -0.25) is 4.79 Å². The number of carbonyl (C=O) groups excluding carboxylic acids is 1. The van der Waals surface area contributed by atoms with Crippen LogP contribution in [0.2, 0.25) is 0 Å². The van der Waals surface area contributed by atoms with Crippen LogP contribution in [0.15, 0.2) is 35.2 Å². The van der Waals surface area contributed by atoms with Crippen molar-refractivity contribution in [2.24, 2.45) is 0 Å². The Morgan fingerprint density at radius 3 is 1.95 bits per heavy atom. The summed E-state index contributed by atoms with van der Waals surface area (Å²) in [5, 5.41) is 1.80. The Kier molecular flexibility index (Phi) is 3.99. The fourth-order valence-electron chi connectivity index (χ4n) is 1.48. The van der Waals surface area contributed by atoms with Crippen molar-refractivity contribution in [3.63, 3.8) is 0 Å².